The van der Waals surface area contributed by atoms with E-state index in [1.807, 2.05) is 0 Å². The molecule has 0 heterocycles. The number of halogens is 2. The molecule has 0 radical (unpaired) electrons. The van der Waals surface area contributed by atoms with Crippen LogP contribution in [-0.4, -0.2) is 21.5 Å². The molecule has 0 saturated heterocycles. The molecule has 1 N–H and O–H groups in total. The quantitative estimate of drug-likeness (QED) is 0.360. The Bertz CT molecular complexity index is 585. The molecule has 0 aromatic heterocycles. The van der Waals surface area contributed by atoms with Crippen LogP contribution in [-0.2, 0) is 10.0 Å². The Kier molecular flexibility index (Phi) is 6.41. The van der Waals surface area contributed by atoms with Crippen LogP contribution in [0.15, 0.2) is 28.2 Å². The molecular formula is C10H12Cl2N4O2S. The van der Waals surface area contributed by atoms with Gasteiger partial charge in [0.2, 0.25) is 10.0 Å². The average Bonchev–Trinajstić information content (AvgIpc) is 2.36. The Morgan fingerprint density at radius 3 is 2.74 bits per heavy atom. The first-order chi connectivity index (χ1) is 8.97. The highest BCUT2D eigenvalue weighted by atomic mass is 35.5. The third-order valence-corrected chi connectivity index (χ3v) is 4.40. The summed E-state index contributed by atoms with van der Waals surface area (Å²) in [5, 5.41) is 3.77. The second-order valence-electron chi connectivity index (χ2n) is 3.63. The van der Waals surface area contributed by atoms with Crippen LogP contribution >= 0.6 is 23.2 Å². The number of azide groups is 1. The van der Waals surface area contributed by atoms with Gasteiger partial charge >= 0.3 is 0 Å². The van der Waals surface area contributed by atoms with Gasteiger partial charge in [-0.25, -0.2) is 13.1 Å². The van der Waals surface area contributed by atoms with E-state index >= 15 is 0 Å². The molecule has 0 unspecified atom stereocenters. The van der Waals surface area contributed by atoms with Gasteiger partial charge in [0.1, 0.15) is 4.90 Å². The summed E-state index contributed by atoms with van der Waals surface area (Å²) in [6.45, 7) is 0.586. The van der Waals surface area contributed by atoms with E-state index in [-0.39, 0.29) is 16.5 Å². The minimum atomic E-state index is -3.68. The predicted octanol–water partition coefficient (Wildman–Crippen LogP) is 3.36. The molecule has 19 heavy (non-hydrogen) atoms. The van der Waals surface area contributed by atoms with Gasteiger partial charge in [-0.2, -0.15) is 0 Å². The summed E-state index contributed by atoms with van der Waals surface area (Å²) < 4.78 is 26.3. The van der Waals surface area contributed by atoms with Crippen LogP contribution in [0.1, 0.15) is 12.8 Å². The van der Waals surface area contributed by atoms with Crippen LogP contribution in [0.2, 0.25) is 10.0 Å². The number of sulfonamides is 1. The first-order valence-electron chi connectivity index (χ1n) is 5.43. The molecule has 1 aromatic rings. The SMILES string of the molecule is [N-]=[N+]=NCCCCNS(=O)(=O)c1cc(Cl)ccc1Cl. The monoisotopic (exact) mass is 322 g/mol. The molecule has 0 aliphatic carbocycles. The fourth-order valence-electron chi connectivity index (χ4n) is 1.32. The van der Waals surface area contributed by atoms with E-state index in [4.69, 9.17) is 28.7 Å². The third-order valence-electron chi connectivity index (χ3n) is 2.22. The molecule has 0 fully saturated rings. The maximum Gasteiger partial charge on any atom is 0.242 e. The fourth-order valence-corrected chi connectivity index (χ4v) is 3.15. The molecule has 0 bridgehead atoms. The summed E-state index contributed by atoms with van der Waals surface area (Å²) in [5.41, 5.74) is 8.08. The van der Waals surface area contributed by atoms with E-state index in [0.29, 0.717) is 24.4 Å². The zero-order chi connectivity index (χ0) is 14.3. The van der Waals surface area contributed by atoms with Crippen molar-refractivity contribution in [2.45, 2.75) is 17.7 Å². The Morgan fingerprint density at radius 1 is 1.32 bits per heavy atom. The van der Waals surface area contributed by atoms with Crippen LogP contribution in [0.4, 0.5) is 0 Å². The number of unbranched alkanes of at least 4 members (excludes halogenated alkanes) is 1. The van der Waals surface area contributed by atoms with Gasteiger partial charge in [-0.05, 0) is 36.6 Å². The molecule has 0 atom stereocenters. The van der Waals surface area contributed by atoms with E-state index in [1.54, 1.807) is 0 Å². The van der Waals surface area contributed by atoms with E-state index in [1.165, 1.54) is 18.2 Å². The lowest BCUT2D eigenvalue weighted by Gasteiger charge is -2.08. The molecule has 0 spiro atoms. The normalized spacial score (nSPS) is 11.1. The van der Waals surface area contributed by atoms with Crippen molar-refractivity contribution in [2.75, 3.05) is 13.1 Å². The number of nitrogens with zero attached hydrogens (tertiary/aromatic N) is 3. The molecule has 104 valence electrons. The van der Waals surface area contributed by atoms with Crippen molar-refractivity contribution in [3.8, 4) is 0 Å². The molecule has 1 aromatic carbocycles. The average molecular weight is 323 g/mol. The topological polar surface area (TPSA) is 94.9 Å². The molecule has 6 nitrogen and oxygen atoms in total. The molecule has 1 rings (SSSR count). The summed E-state index contributed by atoms with van der Waals surface area (Å²) in [5.74, 6) is 0. The van der Waals surface area contributed by atoms with Gasteiger partial charge < -0.3 is 0 Å². The van der Waals surface area contributed by atoms with Crippen molar-refractivity contribution in [3.05, 3.63) is 38.7 Å². The van der Waals surface area contributed by atoms with Crippen molar-refractivity contribution < 1.29 is 8.42 Å². The van der Waals surface area contributed by atoms with Crippen molar-refractivity contribution in [1.82, 2.24) is 4.72 Å². The van der Waals surface area contributed by atoms with Crippen molar-refractivity contribution in [1.29, 1.82) is 0 Å². The highest BCUT2D eigenvalue weighted by Gasteiger charge is 2.17. The van der Waals surface area contributed by atoms with Crippen molar-refractivity contribution in [2.24, 2.45) is 5.11 Å². The standard InChI is InChI=1S/C10H12Cl2N4O2S/c11-8-3-4-9(12)10(7-8)19(17,18)15-6-2-1-5-14-16-13/h3-4,7,15H,1-2,5-6H2. The highest BCUT2D eigenvalue weighted by Crippen LogP contribution is 2.24. The zero-order valence-electron chi connectivity index (χ0n) is 9.88. The maximum absolute atomic E-state index is 12.0. The van der Waals surface area contributed by atoms with Crippen LogP contribution in [0.3, 0.4) is 0 Å². The largest absolute Gasteiger partial charge is 0.242 e. The molecule has 0 aliphatic rings. The summed E-state index contributed by atoms with van der Waals surface area (Å²) in [6.07, 6.45) is 1.17. The first-order valence-corrected chi connectivity index (χ1v) is 7.67. The second kappa shape index (κ2) is 7.57. The maximum atomic E-state index is 12.0. The summed E-state index contributed by atoms with van der Waals surface area (Å²) in [4.78, 5) is 2.56. The first kappa shape index (κ1) is 16.1. The van der Waals surface area contributed by atoms with Crippen LogP contribution in [0.5, 0.6) is 0 Å². The lowest BCUT2D eigenvalue weighted by Crippen LogP contribution is -2.25. The molecular weight excluding hydrogens is 311 g/mol. The van der Waals surface area contributed by atoms with Crippen LogP contribution in [0.25, 0.3) is 10.4 Å². The van der Waals surface area contributed by atoms with Gasteiger partial charge in [0.05, 0.1) is 5.02 Å². The van der Waals surface area contributed by atoms with Gasteiger partial charge in [-0.15, -0.1) is 0 Å². The van der Waals surface area contributed by atoms with Gasteiger partial charge in [0, 0.05) is 23.0 Å². The van der Waals surface area contributed by atoms with E-state index in [2.05, 4.69) is 14.7 Å². The fraction of sp³-hybridized carbons (Fsp3) is 0.400. The van der Waals surface area contributed by atoms with Crippen molar-refractivity contribution in [3.63, 3.8) is 0 Å². The number of nitrogens with one attached hydrogen (secondary N) is 1. The smallest absolute Gasteiger partial charge is 0.211 e. The van der Waals surface area contributed by atoms with E-state index in [9.17, 15) is 8.42 Å². The Hall–Kier alpha value is -0.980. The Morgan fingerprint density at radius 2 is 2.05 bits per heavy atom. The predicted molar refractivity (Wildman–Crippen MR) is 74.9 cm³/mol. The molecule has 0 saturated carbocycles. The Balaban J connectivity index is 2.61. The van der Waals surface area contributed by atoms with E-state index in [0.717, 1.165) is 0 Å². The summed E-state index contributed by atoms with van der Waals surface area (Å²) >= 11 is 11.6. The number of rotatable bonds is 7. The van der Waals surface area contributed by atoms with Crippen molar-refractivity contribution >= 4 is 33.2 Å². The van der Waals surface area contributed by atoms with E-state index < -0.39 is 10.0 Å². The highest BCUT2D eigenvalue weighted by molar-refractivity contribution is 7.89. The minimum absolute atomic E-state index is 0.0447. The Labute approximate surface area is 121 Å². The van der Waals surface area contributed by atoms with Gasteiger partial charge in [-0.3, -0.25) is 0 Å². The van der Waals surface area contributed by atoms with Crippen LogP contribution in [0, 0.1) is 0 Å². The molecule has 9 heteroatoms. The molecule has 0 amide bonds. The zero-order valence-corrected chi connectivity index (χ0v) is 12.2. The van der Waals surface area contributed by atoms with Gasteiger partial charge in [0.25, 0.3) is 0 Å². The van der Waals surface area contributed by atoms with Crippen LogP contribution < -0.4 is 4.72 Å². The number of hydrogen-bond acceptors (Lipinski definition) is 3. The van der Waals surface area contributed by atoms with Gasteiger partial charge in [0.15, 0.2) is 0 Å². The summed E-state index contributed by atoms with van der Waals surface area (Å²) in [7, 11) is -3.68. The number of benzene rings is 1. The lowest BCUT2D eigenvalue weighted by molar-refractivity contribution is 0.577. The minimum Gasteiger partial charge on any atom is -0.211 e. The number of hydrogen-bond donors (Lipinski definition) is 1. The summed E-state index contributed by atoms with van der Waals surface area (Å²) in [6, 6.07) is 4.25. The second-order valence-corrected chi connectivity index (χ2v) is 6.21. The lowest BCUT2D eigenvalue weighted by atomic mass is 10.3. The molecule has 0 aliphatic heterocycles. The third kappa shape index (κ3) is 5.26. The van der Waals surface area contributed by atoms with Gasteiger partial charge in [-0.1, -0.05) is 28.3 Å².